The van der Waals surface area contributed by atoms with Crippen molar-refractivity contribution in [1.82, 2.24) is 9.99 Å². The Hall–Kier alpha value is -2.38. The molecular formula is C19H15Br2N3O2. The first kappa shape index (κ1) is 18.4. The van der Waals surface area contributed by atoms with Gasteiger partial charge in [0.2, 0.25) is 0 Å². The number of rotatable bonds is 6. The Kier molecular flexibility index (Phi) is 6.25. The molecule has 5 nitrogen and oxygen atoms in total. The predicted octanol–water partition coefficient (Wildman–Crippen LogP) is 4.53. The molecule has 132 valence electrons. The Balaban J connectivity index is 1.55. The molecule has 0 fully saturated rings. The van der Waals surface area contributed by atoms with Crippen LogP contribution < -0.4 is 10.2 Å². The van der Waals surface area contributed by atoms with Gasteiger partial charge < -0.3 is 9.30 Å². The standard InChI is InChI=1S/C19H15Br2N3O2/c20-14-3-7-16(8-4-14)24-11-1-2-17(24)12-22-23-19(25)13-26-18-9-5-15(21)6-10-18/h1-12H,13H2,(H,23,25)/b22-12-. The van der Waals surface area contributed by atoms with Gasteiger partial charge in [-0.05, 0) is 60.7 Å². The number of benzene rings is 2. The van der Waals surface area contributed by atoms with Crippen molar-refractivity contribution >= 4 is 44.0 Å². The summed E-state index contributed by atoms with van der Waals surface area (Å²) >= 11 is 6.77. The fraction of sp³-hybridized carbons (Fsp3) is 0.0526. The number of hydrazone groups is 1. The normalized spacial score (nSPS) is 10.8. The van der Waals surface area contributed by atoms with Crippen molar-refractivity contribution in [2.75, 3.05) is 6.61 Å². The summed E-state index contributed by atoms with van der Waals surface area (Å²) in [4.78, 5) is 11.8. The van der Waals surface area contributed by atoms with Gasteiger partial charge in [-0.25, -0.2) is 5.43 Å². The third-order valence-electron chi connectivity index (χ3n) is 3.45. The SMILES string of the molecule is O=C(COc1ccc(Br)cc1)N/N=C\c1cccn1-c1ccc(Br)cc1. The van der Waals surface area contributed by atoms with E-state index in [9.17, 15) is 4.79 Å². The summed E-state index contributed by atoms with van der Waals surface area (Å²) in [5, 5.41) is 4.00. The summed E-state index contributed by atoms with van der Waals surface area (Å²) in [5.74, 6) is 0.294. The number of aromatic nitrogens is 1. The van der Waals surface area contributed by atoms with E-state index in [-0.39, 0.29) is 12.5 Å². The quantitative estimate of drug-likeness (QED) is 0.419. The number of nitrogens with zero attached hydrogens (tertiary/aromatic N) is 2. The molecule has 0 saturated heterocycles. The van der Waals surface area contributed by atoms with Crippen molar-refractivity contribution in [3.05, 3.63) is 81.5 Å². The summed E-state index contributed by atoms with van der Waals surface area (Å²) in [6.45, 7) is -0.104. The second kappa shape index (κ2) is 8.82. The molecule has 1 amide bonds. The van der Waals surface area contributed by atoms with Gasteiger partial charge in [0.1, 0.15) is 5.75 Å². The lowest BCUT2D eigenvalue weighted by molar-refractivity contribution is -0.123. The number of amides is 1. The lowest BCUT2D eigenvalue weighted by atomic mass is 10.3. The molecule has 0 spiro atoms. The van der Waals surface area contributed by atoms with Crippen molar-refractivity contribution in [3.8, 4) is 11.4 Å². The van der Waals surface area contributed by atoms with E-state index in [4.69, 9.17) is 4.74 Å². The molecule has 1 aromatic heterocycles. The van der Waals surface area contributed by atoms with Gasteiger partial charge in [0.05, 0.1) is 11.9 Å². The van der Waals surface area contributed by atoms with Crippen molar-refractivity contribution in [2.24, 2.45) is 5.10 Å². The van der Waals surface area contributed by atoms with Gasteiger partial charge in [-0.15, -0.1) is 0 Å². The van der Waals surface area contributed by atoms with Crippen LogP contribution in [0.5, 0.6) is 5.75 Å². The second-order valence-electron chi connectivity index (χ2n) is 5.32. The number of hydrogen-bond donors (Lipinski definition) is 1. The van der Waals surface area contributed by atoms with Crippen LogP contribution in [0.2, 0.25) is 0 Å². The third kappa shape index (κ3) is 5.06. The lowest BCUT2D eigenvalue weighted by Crippen LogP contribution is -2.24. The zero-order valence-corrected chi connectivity index (χ0v) is 16.8. The van der Waals surface area contributed by atoms with E-state index in [0.29, 0.717) is 5.75 Å². The highest BCUT2D eigenvalue weighted by molar-refractivity contribution is 9.10. The smallest absolute Gasteiger partial charge is 0.277 e. The largest absolute Gasteiger partial charge is 0.484 e. The van der Waals surface area contributed by atoms with Gasteiger partial charge in [-0.3, -0.25) is 4.79 Å². The summed E-state index contributed by atoms with van der Waals surface area (Å²) in [6, 6.07) is 19.0. The number of halogens is 2. The summed E-state index contributed by atoms with van der Waals surface area (Å²) in [5.41, 5.74) is 4.32. The molecule has 0 saturated carbocycles. The van der Waals surface area contributed by atoms with Crippen LogP contribution in [0.3, 0.4) is 0 Å². The highest BCUT2D eigenvalue weighted by atomic mass is 79.9. The van der Waals surface area contributed by atoms with Crippen LogP contribution in [0.15, 0.2) is 80.9 Å². The molecule has 7 heteroatoms. The molecule has 0 aliphatic carbocycles. The van der Waals surface area contributed by atoms with E-state index >= 15 is 0 Å². The Morgan fingerprint density at radius 1 is 1.04 bits per heavy atom. The van der Waals surface area contributed by atoms with E-state index in [1.54, 1.807) is 18.3 Å². The molecule has 3 rings (SSSR count). The molecular weight excluding hydrogens is 462 g/mol. The number of nitrogens with one attached hydrogen (secondary N) is 1. The molecule has 0 aliphatic heterocycles. The van der Waals surface area contributed by atoms with Crippen molar-refractivity contribution in [3.63, 3.8) is 0 Å². The first-order valence-electron chi connectivity index (χ1n) is 7.75. The Labute approximate surface area is 167 Å². The predicted molar refractivity (Wildman–Crippen MR) is 109 cm³/mol. The number of ether oxygens (including phenoxy) is 1. The Morgan fingerprint density at radius 2 is 1.69 bits per heavy atom. The lowest BCUT2D eigenvalue weighted by Gasteiger charge is -2.07. The molecule has 0 bridgehead atoms. The molecule has 1 N–H and O–H groups in total. The van der Waals surface area contributed by atoms with Crippen molar-refractivity contribution in [2.45, 2.75) is 0 Å². The Morgan fingerprint density at radius 3 is 2.38 bits per heavy atom. The van der Waals surface area contributed by atoms with E-state index in [1.165, 1.54) is 0 Å². The molecule has 0 aliphatic rings. The third-order valence-corrected chi connectivity index (χ3v) is 4.51. The first-order chi connectivity index (χ1) is 12.6. The molecule has 0 unspecified atom stereocenters. The summed E-state index contributed by atoms with van der Waals surface area (Å²) in [7, 11) is 0. The van der Waals surface area contributed by atoms with Gasteiger partial charge in [0, 0.05) is 20.8 Å². The summed E-state index contributed by atoms with van der Waals surface area (Å²) in [6.07, 6.45) is 3.53. The highest BCUT2D eigenvalue weighted by Gasteiger charge is 2.03. The van der Waals surface area contributed by atoms with Crippen LogP contribution in [-0.4, -0.2) is 23.3 Å². The van der Waals surface area contributed by atoms with Crippen molar-refractivity contribution in [1.29, 1.82) is 0 Å². The van der Waals surface area contributed by atoms with Crippen LogP contribution >= 0.6 is 31.9 Å². The van der Waals surface area contributed by atoms with E-state index < -0.39 is 0 Å². The molecule has 26 heavy (non-hydrogen) atoms. The average molecular weight is 477 g/mol. The molecule has 3 aromatic rings. The van der Waals surface area contributed by atoms with Gasteiger partial charge in [0.25, 0.3) is 5.91 Å². The highest BCUT2D eigenvalue weighted by Crippen LogP contribution is 2.16. The molecule has 2 aromatic carbocycles. The van der Waals surface area contributed by atoms with Crippen LogP contribution in [-0.2, 0) is 4.79 Å². The maximum absolute atomic E-state index is 11.8. The second-order valence-corrected chi connectivity index (χ2v) is 7.15. The van der Waals surface area contributed by atoms with Crippen molar-refractivity contribution < 1.29 is 9.53 Å². The van der Waals surface area contributed by atoms with Crippen LogP contribution in [0.25, 0.3) is 5.69 Å². The Bertz CT molecular complexity index is 903. The maximum Gasteiger partial charge on any atom is 0.277 e. The maximum atomic E-state index is 11.8. The van der Waals surface area contributed by atoms with Crippen LogP contribution in [0.4, 0.5) is 0 Å². The molecule has 1 heterocycles. The zero-order valence-electron chi connectivity index (χ0n) is 13.6. The first-order valence-corrected chi connectivity index (χ1v) is 9.34. The number of carbonyl (C=O) groups excluding carboxylic acids is 1. The van der Waals surface area contributed by atoms with Gasteiger partial charge in [0.15, 0.2) is 6.61 Å². The minimum Gasteiger partial charge on any atom is -0.484 e. The van der Waals surface area contributed by atoms with E-state index in [1.807, 2.05) is 59.3 Å². The van der Waals surface area contributed by atoms with Crippen LogP contribution in [0, 0.1) is 0 Å². The minimum atomic E-state index is -0.328. The summed E-state index contributed by atoms with van der Waals surface area (Å²) < 4.78 is 9.34. The van der Waals surface area contributed by atoms with Crippen LogP contribution in [0.1, 0.15) is 5.69 Å². The topological polar surface area (TPSA) is 55.6 Å². The fourth-order valence-corrected chi connectivity index (χ4v) is 2.75. The number of hydrogen-bond acceptors (Lipinski definition) is 3. The molecule has 0 atom stereocenters. The van der Waals surface area contributed by atoms with Gasteiger partial charge in [-0.1, -0.05) is 31.9 Å². The minimum absolute atomic E-state index is 0.104. The number of carbonyl (C=O) groups is 1. The molecule has 0 radical (unpaired) electrons. The fourth-order valence-electron chi connectivity index (χ4n) is 2.22. The monoisotopic (exact) mass is 475 g/mol. The van der Waals surface area contributed by atoms with E-state index in [2.05, 4.69) is 42.4 Å². The average Bonchev–Trinajstić information content (AvgIpc) is 3.10. The van der Waals surface area contributed by atoms with Gasteiger partial charge >= 0.3 is 0 Å². The van der Waals surface area contributed by atoms with Gasteiger partial charge in [-0.2, -0.15) is 5.10 Å². The van der Waals surface area contributed by atoms with E-state index in [0.717, 1.165) is 20.3 Å². The zero-order chi connectivity index (χ0) is 18.4.